The zero-order valence-electron chi connectivity index (χ0n) is 27.4. The molecule has 0 bridgehead atoms. The van der Waals surface area contributed by atoms with Crippen LogP contribution in [0.2, 0.25) is 0 Å². The molecule has 1 aliphatic heterocycles. The Morgan fingerprint density at radius 1 is 1.11 bits per heavy atom. The molecule has 3 heterocycles. The lowest BCUT2D eigenvalue weighted by Crippen LogP contribution is -2.49. The second kappa shape index (κ2) is 13.8. The number of carbonyl (C=O) groups excluding carboxylic acids is 2. The van der Waals surface area contributed by atoms with Gasteiger partial charge in [-0.3, -0.25) is 14.4 Å². The first-order valence-electron chi connectivity index (χ1n) is 17.1. The second-order valence-electron chi connectivity index (χ2n) is 14.2. The minimum absolute atomic E-state index is 0.0153. The lowest BCUT2D eigenvalue weighted by atomic mass is 9.75. The third kappa shape index (κ3) is 7.16. The van der Waals surface area contributed by atoms with Crippen LogP contribution in [-0.2, 0) is 24.1 Å². The smallest absolute Gasteiger partial charge is 0.274 e. The Kier molecular flexibility index (Phi) is 9.83. The number of hydrogen-bond acceptors (Lipinski definition) is 6. The van der Waals surface area contributed by atoms with Gasteiger partial charge in [-0.25, -0.2) is 0 Å². The molecule has 8 nitrogen and oxygen atoms in total. The SMILES string of the molecule is CCc1cc2c(s1)CC(C)(C)C[C@@H]2NC[C@@H](O)[C@H](Cc1ccccc1)NC(=O)c1cc(N2CCCC2=O)c(=O)n(C2CCCC2)c1. The van der Waals surface area contributed by atoms with Gasteiger partial charge in [0.2, 0.25) is 5.91 Å². The zero-order valence-corrected chi connectivity index (χ0v) is 28.2. The number of nitrogens with zero attached hydrogens (tertiary/aromatic N) is 2. The maximum atomic E-state index is 14.0. The van der Waals surface area contributed by atoms with Crippen LogP contribution in [-0.4, -0.2) is 46.7 Å². The Morgan fingerprint density at radius 2 is 1.87 bits per heavy atom. The van der Waals surface area contributed by atoms with Crippen LogP contribution in [0.25, 0.3) is 0 Å². The molecule has 2 aromatic heterocycles. The molecule has 3 aromatic rings. The van der Waals surface area contributed by atoms with Crippen molar-refractivity contribution in [2.45, 2.75) is 109 Å². The number of pyridine rings is 1. The van der Waals surface area contributed by atoms with E-state index in [0.29, 0.717) is 37.9 Å². The van der Waals surface area contributed by atoms with Crippen LogP contribution >= 0.6 is 11.3 Å². The van der Waals surface area contributed by atoms with Gasteiger partial charge in [0, 0.05) is 47.5 Å². The Bertz CT molecular complexity index is 1610. The van der Waals surface area contributed by atoms with Crippen LogP contribution in [0.5, 0.6) is 0 Å². The first-order valence-corrected chi connectivity index (χ1v) is 17.9. The molecule has 2 aliphatic carbocycles. The van der Waals surface area contributed by atoms with Gasteiger partial charge >= 0.3 is 0 Å². The maximum Gasteiger partial charge on any atom is 0.274 e. The van der Waals surface area contributed by atoms with E-state index in [1.165, 1.54) is 15.3 Å². The van der Waals surface area contributed by atoms with Gasteiger partial charge < -0.3 is 25.2 Å². The number of anilines is 1. The number of benzene rings is 1. The molecule has 46 heavy (non-hydrogen) atoms. The van der Waals surface area contributed by atoms with Crippen molar-refractivity contribution in [3.63, 3.8) is 0 Å². The minimum Gasteiger partial charge on any atom is -0.390 e. The number of aliphatic hydroxyl groups is 1. The molecule has 3 aliphatic rings. The molecule has 0 spiro atoms. The van der Waals surface area contributed by atoms with E-state index in [-0.39, 0.29) is 40.6 Å². The predicted octanol–water partition coefficient (Wildman–Crippen LogP) is 5.72. The van der Waals surface area contributed by atoms with Crippen LogP contribution in [0.15, 0.2) is 53.5 Å². The molecule has 246 valence electrons. The standard InChI is InChI=1S/C37H48N4O4S/c1-4-27-19-28-30(20-37(2,3)21-33(28)46-27)38-22-32(42)29(17-24-11-6-5-7-12-24)39-35(44)25-18-31(40-16-10-15-34(40)43)36(45)41(23-25)26-13-8-9-14-26/h5-7,11-12,18-19,23,26,29-30,32,38,42H,4,8-10,13-17,20-22H2,1-3H3,(H,39,44)/t29-,30-,32+/m0/s1. The lowest BCUT2D eigenvalue weighted by molar-refractivity contribution is -0.117. The summed E-state index contributed by atoms with van der Waals surface area (Å²) in [7, 11) is 0. The first-order chi connectivity index (χ1) is 22.1. The van der Waals surface area contributed by atoms with Gasteiger partial charge in [0.1, 0.15) is 5.69 Å². The summed E-state index contributed by atoms with van der Waals surface area (Å²) in [5, 5.41) is 18.5. The molecular weight excluding hydrogens is 596 g/mol. The summed E-state index contributed by atoms with van der Waals surface area (Å²) in [6.45, 7) is 7.61. The number of carbonyl (C=O) groups is 2. The Morgan fingerprint density at radius 3 is 2.57 bits per heavy atom. The highest BCUT2D eigenvalue weighted by Gasteiger charge is 2.35. The van der Waals surface area contributed by atoms with Crippen LogP contribution in [0.1, 0.15) is 109 Å². The van der Waals surface area contributed by atoms with Gasteiger partial charge in [-0.15, -0.1) is 11.3 Å². The Balaban J connectivity index is 1.25. The summed E-state index contributed by atoms with van der Waals surface area (Å²) in [4.78, 5) is 44.7. The van der Waals surface area contributed by atoms with E-state index < -0.39 is 12.1 Å². The van der Waals surface area contributed by atoms with Crippen molar-refractivity contribution in [3.8, 4) is 0 Å². The summed E-state index contributed by atoms with van der Waals surface area (Å²) in [5.74, 6) is -0.437. The van der Waals surface area contributed by atoms with Crippen molar-refractivity contribution in [3.05, 3.63) is 85.5 Å². The van der Waals surface area contributed by atoms with E-state index >= 15 is 0 Å². The average Bonchev–Trinajstić information content (AvgIpc) is 3.81. The second-order valence-corrected chi connectivity index (χ2v) is 15.4. The monoisotopic (exact) mass is 644 g/mol. The number of aromatic nitrogens is 1. The molecule has 1 aromatic carbocycles. The van der Waals surface area contributed by atoms with Crippen molar-refractivity contribution < 1.29 is 14.7 Å². The average molecular weight is 645 g/mol. The third-order valence-electron chi connectivity index (χ3n) is 10.0. The van der Waals surface area contributed by atoms with E-state index in [9.17, 15) is 19.5 Å². The van der Waals surface area contributed by atoms with E-state index in [4.69, 9.17) is 0 Å². The molecule has 1 saturated heterocycles. The van der Waals surface area contributed by atoms with Gasteiger partial charge in [-0.05, 0) is 73.6 Å². The van der Waals surface area contributed by atoms with Gasteiger partial charge in [0.25, 0.3) is 11.5 Å². The summed E-state index contributed by atoms with van der Waals surface area (Å²) in [6, 6.07) is 13.4. The van der Waals surface area contributed by atoms with Crippen molar-refractivity contribution in [2.24, 2.45) is 5.41 Å². The van der Waals surface area contributed by atoms with Gasteiger partial charge in [-0.1, -0.05) is 63.9 Å². The third-order valence-corrected chi connectivity index (χ3v) is 11.3. The number of aliphatic hydroxyl groups excluding tert-OH is 1. The molecule has 1 saturated carbocycles. The number of amides is 2. The summed E-state index contributed by atoms with van der Waals surface area (Å²) >= 11 is 1.90. The largest absolute Gasteiger partial charge is 0.390 e. The van der Waals surface area contributed by atoms with E-state index in [0.717, 1.165) is 50.5 Å². The van der Waals surface area contributed by atoms with Crippen LogP contribution in [0, 0.1) is 5.41 Å². The number of fused-ring (bicyclic) bond motifs is 1. The minimum atomic E-state index is -0.859. The molecular formula is C37H48N4O4S. The van der Waals surface area contributed by atoms with Crippen molar-refractivity contribution in [2.75, 3.05) is 18.0 Å². The number of nitrogens with one attached hydrogen (secondary N) is 2. The van der Waals surface area contributed by atoms with Crippen molar-refractivity contribution in [1.82, 2.24) is 15.2 Å². The van der Waals surface area contributed by atoms with Crippen molar-refractivity contribution in [1.29, 1.82) is 0 Å². The fourth-order valence-corrected chi connectivity index (χ4v) is 8.96. The van der Waals surface area contributed by atoms with Crippen LogP contribution in [0.3, 0.4) is 0 Å². The van der Waals surface area contributed by atoms with Gasteiger partial charge in [0.05, 0.1) is 17.7 Å². The molecule has 2 amide bonds. The van der Waals surface area contributed by atoms with E-state index in [1.807, 2.05) is 41.7 Å². The fourth-order valence-electron chi connectivity index (χ4n) is 7.53. The lowest BCUT2D eigenvalue weighted by Gasteiger charge is -2.36. The Hall–Kier alpha value is -3.27. The van der Waals surface area contributed by atoms with E-state index in [2.05, 4.69) is 37.5 Å². The van der Waals surface area contributed by atoms with Gasteiger partial charge in [0.15, 0.2) is 0 Å². The molecule has 0 radical (unpaired) electrons. The predicted molar refractivity (Wildman–Crippen MR) is 184 cm³/mol. The summed E-state index contributed by atoms with van der Waals surface area (Å²) in [5.41, 5.74) is 2.91. The number of hydrogen-bond donors (Lipinski definition) is 3. The van der Waals surface area contributed by atoms with Crippen molar-refractivity contribution >= 4 is 28.8 Å². The quantitative estimate of drug-likeness (QED) is 0.248. The highest BCUT2D eigenvalue weighted by atomic mass is 32.1. The van der Waals surface area contributed by atoms with Crippen LogP contribution in [0.4, 0.5) is 5.69 Å². The number of rotatable bonds is 11. The highest BCUT2D eigenvalue weighted by molar-refractivity contribution is 7.12. The van der Waals surface area contributed by atoms with E-state index in [1.54, 1.807) is 21.7 Å². The Labute approximate surface area is 276 Å². The van der Waals surface area contributed by atoms with Crippen LogP contribution < -0.4 is 21.1 Å². The molecule has 2 fully saturated rings. The fraction of sp³-hybridized carbons (Fsp3) is 0.541. The number of aryl methyl sites for hydroxylation is 1. The molecule has 3 N–H and O–H groups in total. The summed E-state index contributed by atoms with van der Waals surface area (Å²) < 4.78 is 1.68. The topological polar surface area (TPSA) is 104 Å². The molecule has 9 heteroatoms. The van der Waals surface area contributed by atoms with Gasteiger partial charge in [-0.2, -0.15) is 0 Å². The number of thiophene rings is 1. The summed E-state index contributed by atoms with van der Waals surface area (Å²) in [6.07, 6.45) is 9.24. The molecule has 0 unspecified atom stereocenters. The zero-order chi connectivity index (χ0) is 32.4. The normalized spacial score (nSPS) is 20.9. The first kappa shape index (κ1) is 32.7. The molecule has 3 atom stereocenters. The molecule has 6 rings (SSSR count). The maximum absolute atomic E-state index is 14.0. The highest BCUT2D eigenvalue weighted by Crippen LogP contribution is 2.44.